The minimum absolute atomic E-state index is 0.305. The van der Waals surface area contributed by atoms with E-state index in [4.69, 9.17) is 16.9 Å². The molecule has 0 aliphatic rings. The third-order valence-corrected chi connectivity index (χ3v) is 2.60. The molecule has 1 aromatic carbocycles. The van der Waals surface area contributed by atoms with Gasteiger partial charge in [0, 0.05) is 5.02 Å². The molecular weight excluding hydrogens is 194 g/mol. The number of nitrogens with zero attached hydrogens (tertiary/aromatic N) is 1. The predicted octanol–water partition coefficient (Wildman–Crippen LogP) is 3.74. The number of nitriles is 1. The van der Waals surface area contributed by atoms with Gasteiger partial charge in [0.2, 0.25) is 0 Å². The maximum Gasteiger partial charge on any atom is 0.0687 e. The fourth-order valence-corrected chi connectivity index (χ4v) is 1.48. The Balaban J connectivity index is 2.90. The van der Waals surface area contributed by atoms with Crippen LogP contribution in [0.15, 0.2) is 18.2 Å². The van der Waals surface area contributed by atoms with E-state index in [1.807, 2.05) is 39.0 Å². The summed E-state index contributed by atoms with van der Waals surface area (Å²) in [6, 6.07) is 8.20. The lowest BCUT2D eigenvalue weighted by Crippen LogP contribution is -2.11. The molecule has 0 unspecified atom stereocenters. The van der Waals surface area contributed by atoms with Crippen LogP contribution in [-0.4, -0.2) is 0 Å². The molecule has 0 saturated heterocycles. The van der Waals surface area contributed by atoms with Gasteiger partial charge in [0.15, 0.2) is 0 Å². The Labute approximate surface area is 90.3 Å². The Morgan fingerprint density at radius 2 is 2.07 bits per heavy atom. The second-order valence-corrected chi connectivity index (χ2v) is 4.66. The highest BCUT2D eigenvalue weighted by Gasteiger charge is 2.17. The van der Waals surface area contributed by atoms with E-state index in [-0.39, 0.29) is 5.41 Å². The van der Waals surface area contributed by atoms with Crippen LogP contribution in [0.5, 0.6) is 0 Å². The first-order chi connectivity index (χ1) is 6.44. The van der Waals surface area contributed by atoms with Crippen LogP contribution in [0.2, 0.25) is 5.02 Å². The molecule has 1 rings (SSSR count). The molecule has 1 aromatic rings. The summed E-state index contributed by atoms with van der Waals surface area (Å²) >= 11 is 5.92. The molecule has 0 radical (unpaired) electrons. The summed E-state index contributed by atoms with van der Waals surface area (Å²) in [5.41, 5.74) is 1.93. The van der Waals surface area contributed by atoms with Gasteiger partial charge in [-0.3, -0.25) is 0 Å². The number of halogens is 1. The molecule has 1 nitrogen and oxygen atoms in total. The fraction of sp³-hybridized carbons (Fsp3) is 0.417. The van der Waals surface area contributed by atoms with E-state index in [0.29, 0.717) is 0 Å². The van der Waals surface area contributed by atoms with Gasteiger partial charge in [-0.05, 0) is 44.4 Å². The van der Waals surface area contributed by atoms with E-state index >= 15 is 0 Å². The van der Waals surface area contributed by atoms with Gasteiger partial charge >= 0.3 is 0 Å². The van der Waals surface area contributed by atoms with Crippen molar-refractivity contribution in [3.05, 3.63) is 34.3 Å². The molecule has 0 aliphatic carbocycles. The van der Waals surface area contributed by atoms with Crippen LogP contribution in [0.25, 0.3) is 0 Å². The molecule has 74 valence electrons. The summed E-state index contributed by atoms with van der Waals surface area (Å²) in [7, 11) is 0. The van der Waals surface area contributed by atoms with E-state index in [0.717, 1.165) is 17.0 Å². The average molecular weight is 208 g/mol. The zero-order valence-electron chi connectivity index (χ0n) is 8.76. The molecule has 2 heteroatoms. The Morgan fingerprint density at radius 3 is 2.57 bits per heavy atom. The Kier molecular flexibility index (Phi) is 3.18. The smallest absolute Gasteiger partial charge is 0.0687 e. The molecule has 0 aromatic heterocycles. The van der Waals surface area contributed by atoms with Crippen molar-refractivity contribution in [3.8, 4) is 6.07 Å². The molecule has 0 amide bonds. The van der Waals surface area contributed by atoms with Gasteiger partial charge < -0.3 is 0 Å². The molecule has 0 fully saturated rings. The van der Waals surface area contributed by atoms with Crippen molar-refractivity contribution in [2.75, 3.05) is 0 Å². The van der Waals surface area contributed by atoms with Crippen LogP contribution in [0.3, 0.4) is 0 Å². The first-order valence-corrected chi connectivity index (χ1v) is 4.99. The minimum Gasteiger partial charge on any atom is -0.198 e. The maximum absolute atomic E-state index is 8.90. The first-order valence-electron chi connectivity index (χ1n) is 4.61. The van der Waals surface area contributed by atoms with E-state index in [9.17, 15) is 0 Å². The third kappa shape index (κ3) is 2.75. The molecule has 0 N–H and O–H groups in total. The molecule has 0 bridgehead atoms. The van der Waals surface area contributed by atoms with E-state index in [1.54, 1.807) is 0 Å². The summed E-state index contributed by atoms with van der Waals surface area (Å²) in [5.74, 6) is 0. The van der Waals surface area contributed by atoms with Gasteiger partial charge in [0.25, 0.3) is 0 Å². The second-order valence-electron chi connectivity index (χ2n) is 4.26. The van der Waals surface area contributed by atoms with Crippen molar-refractivity contribution in [2.45, 2.75) is 27.2 Å². The molecule has 0 aliphatic heterocycles. The van der Waals surface area contributed by atoms with Crippen molar-refractivity contribution < 1.29 is 0 Å². The zero-order valence-corrected chi connectivity index (χ0v) is 9.52. The van der Waals surface area contributed by atoms with Gasteiger partial charge in [-0.1, -0.05) is 23.7 Å². The molecule has 14 heavy (non-hydrogen) atoms. The van der Waals surface area contributed by atoms with Crippen molar-refractivity contribution in [1.29, 1.82) is 5.26 Å². The number of hydrogen-bond donors (Lipinski definition) is 0. The van der Waals surface area contributed by atoms with E-state index in [2.05, 4.69) is 6.07 Å². The lowest BCUT2D eigenvalue weighted by Gasteiger charge is -2.15. The van der Waals surface area contributed by atoms with Gasteiger partial charge in [-0.15, -0.1) is 0 Å². The molecular formula is C12H14ClN. The lowest BCUT2D eigenvalue weighted by atomic mass is 9.87. The van der Waals surface area contributed by atoms with Crippen LogP contribution in [0.1, 0.15) is 25.0 Å². The zero-order chi connectivity index (χ0) is 10.8. The lowest BCUT2D eigenvalue weighted by molar-refractivity contribution is 0.493. The van der Waals surface area contributed by atoms with Crippen LogP contribution >= 0.6 is 11.6 Å². The van der Waals surface area contributed by atoms with Gasteiger partial charge in [-0.2, -0.15) is 5.26 Å². The largest absolute Gasteiger partial charge is 0.198 e. The summed E-state index contributed by atoms with van der Waals surface area (Å²) in [5, 5.41) is 9.68. The number of rotatable bonds is 2. The quantitative estimate of drug-likeness (QED) is 0.725. The highest BCUT2D eigenvalue weighted by atomic mass is 35.5. The summed E-state index contributed by atoms with van der Waals surface area (Å²) in [6.45, 7) is 5.86. The number of hydrogen-bond acceptors (Lipinski definition) is 1. The van der Waals surface area contributed by atoms with Crippen molar-refractivity contribution >= 4 is 11.6 Å². The van der Waals surface area contributed by atoms with Crippen LogP contribution in [0.4, 0.5) is 0 Å². The van der Waals surface area contributed by atoms with Gasteiger partial charge in [0.1, 0.15) is 0 Å². The summed E-state index contributed by atoms with van der Waals surface area (Å²) in [6.07, 6.45) is 0.765. The normalized spacial score (nSPS) is 11.1. The molecule has 0 atom stereocenters. The number of benzene rings is 1. The third-order valence-electron chi connectivity index (χ3n) is 2.17. The Morgan fingerprint density at radius 1 is 1.43 bits per heavy atom. The van der Waals surface area contributed by atoms with Gasteiger partial charge in [0.05, 0.1) is 11.5 Å². The average Bonchev–Trinajstić information content (AvgIpc) is 2.11. The minimum atomic E-state index is -0.305. The fourth-order valence-electron chi connectivity index (χ4n) is 1.37. The van der Waals surface area contributed by atoms with Crippen LogP contribution < -0.4 is 0 Å². The SMILES string of the molecule is Cc1cc(CC(C)(C)C#N)ccc1Cl. The Hall–Kier alpha value is -1.000. The summed E-state index contributed by atoms with van der Waals surface area (Å²) < 4.78 is 0. The number of aryl methyl sites for hydroxylation is 1. The van der Waals surface area contributed by atoms with Crippen LogP contribution in [-0.2, 0) is 6.42 Å². The van der Waals surface area contributed by atoms with Crippen molar-refractivity contribution in [1.82, 2.24) is 0 Å². The molecule has 0 spiro atoms. The standard InChI is InChI=1S/C12H14ClN/c1-9-6-10(4-5-11(9)13)7-12(2,3)8-14/h4-6H,7H2,1-3H3. The topological polar surface area (TPSA) is 23.8 Å². The summed E-state index contributed by atoms with van der Waals surface area (Å²) in [4.78, 5) is 0. The monoisotopic (exact) mass is 207 g/mol. The van der Waals surface area contributed by atoms with E-state index < -0.39 is 0 Å². The van der Waals surface area contributed by atoms with Crippen molar-refractivity contribution in [3.63, 3.8) is 0 Å². The Bertz CT molecular complexity index is 374. The predicted molar refractivity (Wildman–Crippen MR) is 59.3 cm³/mol. The maximum atomic E-state index is 8.90. The van der Waals surface area contributed by atoms with Crippen molar-refractivity contribution in [2.24, 2.45) is 5.41 Å². The molecule has 0 heterocycles. The highest BCUT2D eigenvalue weighted by molar-refractivity contribution is 6.31. The van der Waals surface area contributed by atoms with E-state index in [1.165, 1.54) is 5.56 Å². The second kappa shape index (κ2) is 4.02. The van der Waals surface area contributed by atoms with Gasteiger partial charge in [-0.25, -0.2) is 0 Å². The first kappa shape index (κ1) is 11.1. The van der Waals surface area contributed by atoms with Crippen LogP contribution in [0, 0.1) is 23.7 Å². The highest BCUT2D eigenvalue weighted by Crippen LogP contribution is 2.23. The molecule has 0 saturated carbocycles.